The average Bonchev–Trinajstić information content (AvgIpc) is 2.61. The number of benzene rings is 2. The van der Waals surface area contributed by atoms with Gasteiger partial charge in [-0.05, 0) is 75.6 Å². The first-order valence-electron chi connectivity index (χ1n) is 8.97. The second-order valence-electron chi connectivity index (χ2n) is 6.42. The van der Waals surface area contributed by atoms with Crippen molar-refractivity contribution in [3.63, 3.8) is 0 Å². The number of hydrogen-bond acceptors (Lipinski definition) is 3. The molecule has 4 N–H and O–H groups in total. The summed E-state index contributed by atoms with van der Waals surface area (Å²) >= 11 is 0. The normalized spacial score (nSPS) is 12.3. The predicted octanol–water partition coefficient (Wildman–Crippen LogP) is 3.29. The fourth-order valence-corrected chi connectivity index (χ4v) is 2.98. The molecule has 2 aromatic rings. The quantitative estimate of drug-likeness (QED) is 0.588. The minimum Gasteiger partial charge on any atom is -0.330 e. The van der Waals surface area contributed by atoms with Crippen molar-refractivity contribution in [2.45, 2.75) is 25.7 Å². The van der Waals surface area contributed by atoms with Crippen LogP contribution in [-0.2, 0) is 0 Å². The zero-order valence-corrected chi connectivity index (χ0v) is 15.0. The van der Waals surface area contributed by atoms with Gasteiger partial charge in [-0.2, -0.15) is 0 Å². The molecule has 0 saturated heterocycles. The van der Waals surface area contributed by atoms with Crippen molar-refractivity contribution in [2.75, 3.05) is 33.2 Å². The van der Waals surface area contributed by atoms with Crippen LogP contribution in [0.15, 0.2) is 48.5 Å². The molecule has 0 amide bonds. The molecule has 3 nitrogen and oxygen atoms in total. The predicted molar refractivity (Wildman–Crippen MR) is 104 cm³/mol. The van der Waals surface area contributed by atoms with Crippen LogP contribution in [-0.4, -0.2) is 33.2 Å². The van der Waals surface area contributed by atoms with Gasteiger partial charge >= 0.3 is 0 Å². The van der Waals surface area contributed by atoms with Gasteiger partial charge in [0.05, 0.1) is 0 Å². The molecule has 3 heteroatoms. The first-order chi connectivity index (χ1) is 11.7. The zero-order chi connectivity index (χ0) is 17.2. The lowest BCUT2D eigenvalue weighted by Gasteiger charge is -2.16. The second-order valence-corrected chi connectivity index (χ2v) is 6.42. The molecule has 2 aromatic carbocycles. The third kappa shape index (κ3) is 5.75. The Morgan fingerprint density at radius 2 is 1.75 bits per heavy atom. The van der Waals surface area contributed by atoms with Gasteiger partial charge in [0, 0.05) is 0 Å². The maximum absolute atomic E-state index is 6.00. The highest BCUT2D eigenvalue weighted by Gasteiger charge is 2.09. The third-order valence-electron chi connectivity index (χ3n) is 4.47. The topological polar surface area (TPSA) is 50.1 Å². The molecule has 0 aliphatic rings. The Hall–Kier alpha value is -1.68. The highest BCUT2D eigenvalue weighted by molar-refractivity contribution is 5.64. The van der Waals surface area contributed by atoms with E-state index in [2.05, 4.69) is 66.1 Å². The van der Waals surface area contributed by atoms with Crippen LogP contribution < -0.4 is 16.4 Å². The molecule has 0 saturated carbocycles. The van der Waals surface area contributed by atoms with E-state index in [4.69, 9.17) is 5.73 Å². The van der Waals surface area contributed by atoms with Gasteiger partial charge in [0.1, 0.15) is 0 Å². The lowest BCUT2D eigenvalue weighted by atomic mass is 9.93. The maximum atomic E-state index is 6.00. The summed E-state index contributed by atoms with van der Waals surface area (Å²) in [6.45, 7) is 5.97. The number of nitrogens with two attached hydrogens (primary N) is 1. The van der Waals surface area contributed by atoms with Crippen molar-refractivity contribution in [3.05, 3.63) is 59.7 Å². The summed E-state index contributed by atoms with van der Waals surface area (Å²) in [5.41, 5.74) is 11.2. The van der Waals surface area contributed by atoms with E-state index in [0.29, 0.717) is 12.5 Å². The van der Waals surface area contributed by atoms with E-state index in [1.165, 1.54) is 22.3 Å². The third-order valence-corrected chi connectivity index (χ3v) is 4.47. The summed E-state index contributed by atoms with van der Waals surface area (Å²) in [5, 5.41) is 6.67. The van der Waals surface area contributed by atoms with Crippen LogP contribution in [0.5, 0.6) is 0 Å². The Bertz CT molecular complexity index is 592. The minimum atomic E-state index is 0.424. The van der Waals surface area contributed by atoms with E-state index in [-0.39, 0.29) is 0 Å². The number of rotatable bonds is 10. The monoisotopic (exact) mass is 325 g/mol. The van der Waals surface area contributed by atoms with Gasteiger partial charge < -0.3 is 16.4 Å². The Balaban J connectivity index is 1.90. The highest BCUT2D eigenvalue weighted by Crippen LogP contribution is 2.24. The van der Waals surface area contributed by atoms with Crippen LogP contribution in [0, 0.1) is 6.92 Å². The summed E-state index contributed by atoms with van der Waals surface area (Å²) in [4.78, 5) is 0. The molecule has 0 heterocycles. The summed E-state index contributed by atoms with van der Waals surface area (Å²) in [6, 6.07) is 17.5. The number of hydrogen-bond donors (Lipinski definition) is 3. The molecule has 2 rings (SSSR count). The van der Waals surface area contributed by atoms with Crippen LogP contribution in [0.3, 0.4) is 0 Å². The fraction of sp³-hybridized carbons (Fsp3) is 0.429. The lowest BCUT2D eigenvalue weighted by molar-refractivity contribution is 0.557. The van der Waals surface area contributed by atoms with Gasteiger partial charge in [-0.1, -0.05) is 54.1 Å². The van der Waals surface area contributed by atoms with Crippen molar-refractivity contribution >= 4 is 0 Å². The molecule has 0 aromatic heterocycles. The number of nitrogens with one attached hydrogen (secondary N) is 2. The first kappa shape index (κ1) is 18.7. The summed E-state index contributed by atoms with van der Waals surface area (Å²) in [7, 11) is 1.99. The van der Waals surface area contributed by atoms with E-state index < -0.39 is 0 Å². The SMILES string of the molecule is CNCCCNCCC(CN)c1ccc(-c2cccc(C)c2)cc1. The molecule has 0 bridgehead atoms. The van der Waals surface area contributed by atoms with Gasteiger partial charge in [0.15, 0.2) is 0 Å². The average molecular weight is 326 g/mol. The standard InChI is InChI=1S/C21H31N3/c1-17-5-3-6-20(15-17)18-7-9-19(10-8-18)21(16-22)11-14-24-13-4-12-23-2/h3,5-10,15,21,23-24H,4,11-14,16,22H2,1-2H3. The Morgan fingerprint density at radius 3 is 2.42 bits per heavy atom. The van der Waals surface area contributed by atoms with E-state index in [1.54, 1.807) is 0 Å². The first-order valence-corrected chi connectivity index (χ1v) is 8.97. The van der Waals surface area contributed by atoms with Crippen molar-refractivity contribution in [3.8, 4) is 11.1 Å². The number of aryl methyl sites for hydroxylation is 1. The minimum absolute atomic E-state index is 0.424. The molecular formula is C21H31N3. The lowest BCUT2D eigenvalue weighted by Crippen LogP contribution is -2.24. The van der Waals surface area contributed by atoms with E-state index in [0.717, 1.165) is 32.5 Å². The van der Waals surface area contributed by atoms with Gasteiger partial charge in [-0.15, -0.1) is 0 Å². The van der Waals surface area contributed by atoms with E-state index in [1.807, 2.05) is 7.05 Å². The summed E-state index contributed by atoms with van der Waals surface area (Å²) in [5.74, 6) is 0.424. The van der Waals surface area contributed by atoms with Gasteiger partial charge in [-0.25, -0.2) is 0 Å². The van der Waals surface area contributed by atoms with Crippen molar-refractivity contribution in [1.29, 1.82) is 0 Å². The van der Waals surface area contributed by atoms with Crippen LogP contribution in [0.2, 0.25) is 0 Å². The van der Waals surface area contributed by atoms with Crippen molar-refractivity contribution in [2.24, 2.45) is 5.73 Å². The van der Waals surface area contributed by atoms with Crippen LogP contribution in [0.4, 0.5) is 0 Å². The summed E-state index contributed by atoms with van der Waals surface area (Å²) < 4.78 is 0. The largest absolute Gasteiger partial charge is 0.330 e. The molecule has 24 heavy (non-hydrogen) atoms. The molecular weight excluding hydrogens is 294 g/mol. The van der Waals surface area contributed by atoms with Crippen LogP contribution >= 0.6 is 0 Å². The molecule has 1 unspecified atom stereocenters. The van der Waals surface area contributed by atoms with Crippen LogP contribution in [0.25, 0.3) is 11.1 Å². The van der Waals surface area contributed by atoms with E-state index in [9.17, 15) is 0 Å². The van der Waals surface area contributed by atoms with Gasteiger partial charge in [0.25, 0.3) is 0 Å². The maximum Gasteiger partial charge on any atom is -0.000776 e. The Kier molecular flexibility index (Phi) is 7.96. The molecule has 0 spiro atoms. The van der Waals surface area contributed by atoms with Gasteiger partial charge in [0.2, 0.25) is 0 Å². The molecule has 130 valence electrons. The van der Waals surface area contributed by atoms with Gasteiger partial charge in [-0.3, -0.25) is 0 Å². The molecule has 1 atom stereocenters. The molecule has 0 radical (unpaired) electrons. The molecule has 0 aliphatic heterocycles. The molecule has 0 fully saturated rings. The van der Waals surface area contributed by atoms with Crippen molar-refractivity contribution in [1.82, 2.24) is 10.6 Å². The zero-order valence-electron chi connectivity index (χ0n) is 15.0. The summed E-state index contributed by atoms with van der Waals surface area (Å²) in [6.07, 6.45) is 2.24. The molecule has 0 aliphatic carbocycles. The Morgan fingerprint density at radius 1 is 0.958 bits per heavy atom. The Labute approximate surface area is 146 Å². The fourth-order valence-electron chi connectivity index (χ4n) is 2.98. The highest BCUT2D eigenvalue weighted by atomic mass is 14.9. The van der Waals surface area contributed by atoms with E-state index >= 15 is 0 Å². The van der Waals surface area contributed by atoms with Crippen LogP contribution in [0.1, 0.15) is 29.9 Å². The van der Waals surface area contributed by atoms with Crippen molar-refractivity contribution < 1.29 is 0 Å². The second kappa shape index (κ2) is 10.2. The smallest absolute Gasteiger partial charge is 0.000776 e.